The third kappa shape index (κ3) is 4.91. The first-order valence-electron chi connectivity index (χ1n) is 4.34. The summed E-state index contributed by atoms with van der Waals surface area (Å²) in [6.45, 7) is 9.45. The van der Waals surface area contributed by atoms with Gasteiger partial charge >= 0.3 is 0 Å². The summed E-state index contributed by atoms with van der Waals surface area (Å²) in [4.78, 5) is 0. The first-order chi connectivity index (χ1) is 5.09. The molecule has 0 aliphatic carbocycles. The summed E-state index contributed by atoms with van der Waals surface area (Å²) < 4.78 is 8.01. The molecule has 11 heavy (non-hydrogen) atoms. The Morgan fingerprint density at radius 3 is 2.18 bits per heavy atom. The molecule has 0 heterocycles. The minimum absolute atomic E-state index is 0.0421. The van der Waals surface area contributed by atoms with Gasteiger partial charge in [-0.3, -0.25) is 0 Å². The van der Waals surface area contributed by atoms with E-state index < -0.39 is 8.96 Å². The second-order valence-electron chi connectivity index (χ2n) is 3.42. The maximum atomic E-state index is 5.25. The van der Waals surface area contributed by atoms with Crippen LogP contribution < -0.4 is 0 Å². The van der Waals surface area contributed by atoms with Crippen LogP contribution in [0.1, 0.15) is 13.8 Å². The third-order valence-electron chi connectivity index (χ3n) is 1.88. The van der Waals surface area contributed by atoms with Gasteiger partial charge in [-0.2, -0.15) is 0 Å². The summed E-state index contributed by atoms with van der Waals surface area (Å²) in [6, 6.07) is 0.774. The first kappa shape index (κ1) is 11.6. The highest BCUT2D eigenvalue weighted by atomic mass is 29.2. The van der Waals surface area contributed by atoms with Gasteiger partial charge in [0.2, 0.25) is 0 Å². The Morgan fingerprint density at radius 2 is 1.91 bits per heavy atom. The SMILES string of the molecule is CO[SiH2][SiH2]N(C(C)C)[SiH](C)C. The Labute approximate surface area is 76.6 Å². The molecular formula is C6H21NOSi3. The van der Waals surface area contributed by atoms with E-state index in [1.807, 2.05) is 7.11 Å². The van der Waals surface area contributed by atoms with E-state index in [-0.39, 0.29) is 18.5 Å². The lowest BCUT2D eigenvalue weighted by Gasteiger charge is -2.29. The number of nitrogens with zero attached hydrogens (tertiary/aromatic N) is 1. The molecule has 0 aliphatic rings. The molecule has 0 aromatic carbocycles. The van der Waals surface area contributed by atoms with E-state index in [1.165, 1.54) is 0 Å². The lowest BCUT2D eigenvalue weighted by Crippen LogP contribution is -2.45. The van der Waals surface area contributed by atoms with Gasteiger partial charge in [-0.15, -0.1) is 0 Å². The molecule has 0 bridgehead atoms. The van der Waals surface area contributed by atoms with Gasteiger partial charge in [-0.1, -0.05) is 26.9 Å². The van der Waals surface area contributed by atoms with Crippen LogP contribution in [0.3, 0.4) is 0 Å². The highest BCUT2D eigenvalue weighted by molar-refractivity contribution is 6.99. The molecule has 0 amide bonds. The molecule has 0 rings (SSSR count). The van der Waals surface area contributed by atoms with E-state index in [0.717, 1.165) is 6.04 Å². The van der Waals surface area contributed by atoms with Gasteiger partial charge in [-0.05, 0) is 6.04 Å². The van der Waals surface area contributed by atoms with E-state index in [0.29, 0.717) is 0 Å². The van der Waals surface area contributed by atoms with Crippen molar-refractivity contribution >= 4 is 27.4 Å². The topological polar surface area (TPSA) is 12.5 Å². The largest absolute Gasteiger partial charge is 0.429 e. The Balaban J connectivity index is 3.70. The van der Waals surface area contributed by atoms with Crippen molar-refractivity contribution in [2.45, 2.75) is 33.0 Å². The molecule has 0 aliphatic heterocycles. The molecule has 0 saturated heterocycles. The van der Waals surface area contributed by atoms with Crippen molar-refractivity contribution < 1.29 is 4.43 Å². The Bertz CT molecular complexity index is 91.8. The predicted molar refractivity (Wildman–Crippen MR) is 59.9 cm³/mol. The number of hydrogen-bond acceptors (Lipinski definition) is 2. The zero-order valence-corrected chi connectivity index (χ0v) is 12.4. The zero-order chi connectivity index (χ0) is 8.85. The highest BCUT2D eigenvalue weighted by Crippen LogP contribution is 1.98. The molecule has 5 heteroatoms. The van der Waals surface area contributed by atoms with Gasteiger partial charge in [-0.25, -0.2) is 0 Å². The van der Waals surface area contributed by atoms with Gasteiger partial charge in [0.1, 0.15) is 9.20 Å². The summed E-state index contributed by atoms with van der Waals surface area (Å²) in [6.07, 6.45) is 0. The average Bonchev–Trinajstić information content (AvgIpc) is 1.87. The van der Waals surface area contributed by atoms with Gasteiger partial charge < -0.3 is 8.66 Å². The first-order valence-corrected chi connectivity index (χ1v) is 12.4. The van der Waals surface area contributed by atoms with Gasteiger partial charge in [0, 0.05) is 7.11 Å². The van der Waals surface area contributed by atoms with Crippen LogP contribution >= 0.6 is 0 Å². The summed E-state index contributed by atoms with van der Waals surface area (Å²) in [5.41, 5.74) is 0. The summed E-state index contributed by atoms with van der Waals surface area (Å²) in [5, 5.41) is 0. The van der Waals surface area contributed by atoms with Gasteiger partial charge in [0.25, 0.3) is 0 Å². The van der Waals surface area contributed by atoms with E-state index in [4.69, 9.17) is 4.43 Å². The predicted octanol–water partition coefficient (Wildman–Crippen LogP) is -0.591. The van der Waals surface area contributed by atoms with Crippen LogP contribution in [0.25, 0.3) is 0 Å². The van der Waals surface area contributed by atoms with Gasteiger partial charge in [0.15, 0.2) is 9.28 Å². The molecule has 0 unspecified atom stereocenters. The van der Waals surface area contributed by atoms with E-state index >= 15 is 0 Å². The fourth-order valence-electron chi connectivity index (χ4n) is 1.31. The van der Waals surface area contributed by atoms with Crippen molar-refractivity contribution in [1.29, 1.82) is 0 Å². The molecule has 68 valence electrons. The molecule has 2 nitrogen and oxygen atoms in total. The van der Waals surface area contributed by atoms with E-state index in [2.05, 4.69) is 31.2 Å². The molecule has 0 aromatic heterocycles. The minimum atomic E-state index is -0.525. The van der Waals surface area contributed by atoms with Crippen molar-refractivity contribution in [2.75, 3.05) is 7.11 Å². The zero-order valence-electron chi connectivity index (χ0n) is 8.42. The molecule has 0 N–H and O–H groups in total. The quantitative estimate of drug-likeness (QED) is 0.559. The normalized spacial score (nSPS) is 14.2. The van der Waals surface area contributed by atoms with Crippen LogP contribution in [0, 0.1) is 0 Å². The molecule has 0 aromatic rings. The van der Waals surface area contributed by atoms with Crippen LogP contribution in [-0.4, -0.2) is 44.8 Å². The summed E-state index contributed by atoms with van der Waals surface area (Å²) in [5.74, 6) is 0. The van der Waals surface area contributed by atoms with Crippen LogP contribution in [0.5, 0.6) is 0 Å². The second-order valence-corrected chi connectivity index (χ2v) is 11.7. The van der Waals surface area contributed by atoms with Crippen LogP contribution in [-0.2, 0) is 4.43 Å². The molecule has 0 fully saturated rings. The lowest BCUT2D eigenvalue weighted by molar-refractivity contribution is 0.449. The maximum Gasteiger partial charge on any atom is 0.159 e. The standard InChI is InChI=1S/C6H21NOSi3/c1-6(2)7(11(4)5)9-10-8-3/h6,11H,9-10H2,1-5H3. The van der Waals surface area contributed by atoms with E-state index in [1.54, 1.807) is 0 Å². The molecule has 0 spiro atoms. The third-order valence-corrected chi connectivity index (χ3v) is 13.5. The van der Waals surface area contributed by atoms with Crippen LogP contribution in [0.2, 0.25) is 13.1 Å². The van der Waals surface area contributed by atoms with Crippen molar-refractivity contribution in [1.82, 2.24) is 4.23 Å². The fraction of sp³-hybridized carbons (Fsp3) is 1.00. The Kier molecular flexibility index (Phi) is 6.45. The summed E-state index contributed by atoms with van der Waals surface area (Å²) in [7, 11) is 1.27. The van der Waals surface area contributed by atoms with E-state index in [9.17, 15) is 0 Å². The number of hydrogen-bond donors (Lipinski definition) is 0. The van der Waals surface area contributed by atoms with Crippen molar-refractivity contribution in [3.8, 4) is 0 Å². The lowest BCUT2D eigenvalue weighted by atomic mass is 10.4. The smallest absolute Gasteiger partial charge is 0.159 e. The summed E-state index contributed by atoms with van der Waals surface area (Å²) >= 11 is 0. The highest BCUT2D eigenvalue weighted by Gasteiger charge is 2.13. The average molecular weight is 207 g/mol. The second kappa shape index (κ2) is 6.13. The molecule has 0 saturated carbocycles. The Morgan fingerprint density at radius 1 is 1.36 bits per heavy atom. The molecule has 0 atom stereocenters. The molecule has 0 radical (unpaired) electrons. The Hall–Kier alpha value is 0.571. The van der Waals surface area contributed by atoms with Crippen LogP contribution in [0.15, 0.2) is 0 Å². The monoisotopic (exact) mass is 207 g/mol. The molecular weight excluding hydrogens is 186 g/mol. The maximum absolute atomic E-state index is 5.25. The van der Waals surface area contributed by atoms with Crippen LogP contribution in [0.4, 0.5) is 0 Å². The fourth-order valence-corrected chi connectivity index (χ4v) is 13.8. The van der Waals surface area contributed by atoms with Crippen molar-refractivity contribution in [3.05, 3.63) is 0 Å². The van der Waals surface area contributed by atoms with Crippen molar-refractivity contribution in [3.63, 3.8) is 0 Å². The minimum Gasteiger partial charge on any atom is -0.429 e. The van der Waals surface area contributed by atoms with Crippen molar-refractivity contribution in [2.24, 2.45) is 0 Å². The number of rotatable bonds is 5. The van der Waals surface area contributed by atoms with Gasteiger partial charge in [0.05, 0.1) is 8.96 Å².